The van der Waals surface area contributed by atoms with E-state index < -0.39 is 0 Å². The predicted octanol–water partition coefficient (Wildman–Crippen LogP) is 2.44. The fraction of sp³-hybridized carbons (Fsp3) is 0.286. The van der Waals surface area contributed by atoms with E-state index in [0.717, 1.165) is 11.3 Å². The number of benzene rings is 1. The van der Waals surface area contributed by atoms with Gasteiger partial charge in [-0.05, 0) is 32.0 Å². The van der Waals surface area contributed by atoms with Gasteiger partial charge in [-0.1, -0.05) is 6.07 Å². The molecule has 0 saturated carbocycles. The number of aryl methyl sites for hydroxylation is 1. The minimum Gasteiger partial charge on any atom is -0.489 e. The van der Waals surface area contributed by atoms with Crippen LogP contribution in [0.15, 0.2) is 30.5 Å². The molecule has 0 bridgehead atoms. The van der Waals surface area contributed by atoms with Crippen molar-refractivity contribution in [2.24, 2.45) is 7.05 Å². The number of hydrogen-bond donors (Lipinski definition) is 1. The van der Waals surface area contributed by atoms with Gasteiger partial charge in [0.05, 0.1) is 17.5 Å². The maximum atomic E-state index is 10.6. The highest BCUT2D eigenvalue weighted by Crippen LogP contribution is 2.30. The molecule has 5 nitrogen and oxygen atoms in total. The van der Waals surface area contributed by atoms with Crippen molar-refractivity contribution in [3.8, 4) is 17.0 Å². The van der Waals surface area contributed by atoms with Gasteiger partial charge in [0.15, 0.2) is 0 Å². The molecule has 0 aliphatic carbocycles. The van der Waals surface area contributed by atoms with Crippen LogP contribution >= 0.6 is 0 Å². The third-order valence-electron chi connectivity index (χ3n) is 2.57. The third kappa shape index (κ3) is 3.13. The monoisotopic (exact) mass is 259 g/mol. The lowest BCUT2D eigenvalue weighted by atomic mass is 10.1. The van der Waals surface area contributed by atoms with Crippen LogP contribution in [0.2, 0.25) is 0 Å². The van der Waals surface area contributed by atoms with Crippen LogP contribution in [0.1, 0.15) is 13.8 Å². The lowest BCUT2D eigenvalue weighted by Crippen LogP contribution is -2.08. The Balaban J connectivity index is 2.39. The van der Waals surface area contributed by atoms with E-state index in [1.54, 1.807) is 4.68 Å². The van der Waals surface area contributed by atoms with Crippen molar-refractivity contribution in [2.45, 2.75) is 20.0 Å². The standard InChI is InChI=1S/C14H17N3O2/c1-10(2)19-14-8-11(4-5-13(14)15-9-18)12-6-7-17(3)16-12/h4-10H,1-3H3,(H,15,18). The summed E-state index contributed by atoms with van der Waals surface area (Å²) in [7, 11) is 1.87. The molecule has 0 atom stereocenters. The number of aromatic nitrogens is 2. The second-order valence-electron chi connectivity index (χ2n) is 4.51. The van der Waals surface area contributed by atoms with Crippen molar-refractivity contribution in [3.63, 3.8) is 0 Å². The maximum Gasteiger partial charge on any atom is 0.211 e. The number of anilines is 1. The molecule has 0 fully saturated rings. The summed E-state index contributed by atoms with van der Waals surface area (Å²) in [6.07, 6.45) is 2.56. The summed E-state index contributed by atoms with van der Waals surface area (Å²) in [5.74, 6) is 0.644. The fourth-order valence-electron chi connectivity index (χ4n) is 1.78. The number of rotatable bonds is 5. The Morgan fingerprint density at radius 2 is 2.16 bits per heavy atom. The molecule has 0 unspecified atom stereocenters. The summed E-state index contributed by atoms with van der Waals surface area (Å²) in [6.45, 7) is 3.89. The molecule has 1 aromatic heterocycles. The van der Waals surface area contributed by atoms with E-state index in [4.69, 9.17) is 4.74 Å². The van der Waals surface area contributed by atoms with Gasteiger partial charge in [0.2, 0.25) is 6.41 Å². The Bertz CT molecular complexity index is 576. The lowest BCUT2D eigenvalue weighted by molar-refractivity contribution is -0.105. The molecule has 1 heterocycles. The summed E-state index contributed by atoms with van der Waals surface area (Å²) in [6, 6.07) is 7.53. The van der Waals surface area contributed by atoms with Crippen LogP contribution in [-0.2, 0) is 11.8 Å². The highest BCUT2D eigenvalue weighted by atomic mass is 16.5. The molecular formula is C14H17N3O2. The van der Waals surface area contributed by atoms with E-state index in [1.807, 2.05) is 51.4 Å². The van der Waals surface area contributed by atoms with Crippen molar-refractivity contribution < 1.29 is 9.53 Å². The Kier molecular flexibility index (Phi) is 3.85. The summed E-state index contributed by atoms with van der Waals surface area (Å²) in [5.41, 5.74) is 2.48. The number of nitrogens with one attached hydrogen (secondary N) is 1. The molecule has 2 aromatic rings. The number of carbonyl (C=O) groups excluding carboxylic acids is 1. The largest absolute Gasteiger partial charge is 0.489 e. The maximum absolute atomic E-state index is 10.6. The van der Waals surface area contributed by atoms with Crippen LogP contribution in [0.4, 0.5) is 5.69 Å². The summed E-state index contributed by atoms with van der Waals surface area (Å²) in [4.78, 5) is 10.6. The van der Waals surface area contributed by atoms with Gasteiger partial charge in [0.25, 0.3) is 0 Å². The van der Waals surface area contributed by atoms with Crippen molar-refractivity contribution in [1.29, 1.82) is 0 Å². The smallest absolute Gasteiger partial charge is 0.211 e. The Morgan fingerprint density at radius 3 is 2.74 bits per heavy atom. The van der Waals surface area contributed by atoms with Gasteiger partial charge in [0, 0.05) is 18.8 Å². The molecule has 0 aliphatic rings. The first kappa shape index (κ1) is 13.1. The SMILES string of the molecule is CC(C)Oc1cc(-c2ccn(C)n2)ccc1NC=O. The minimum atomic E-state index is 0.0335. The number of nitrogens with zero attached hydrogens (tertiary/aromatic N) is 2. The molecule has 1 N–H and O–H groups in total. The molecule has 5 heteroatoms. The average Bonchev–Trinajstić information content (AvgIpc) is 2.78. The Morgan fingerprint density at radius 1 is 1.37 bits per heavy atom. The molecule has 2 rings (SSSR count). The molecule has 0 spiro atoms. The highest BCUT2D eigenvalue weighted by molar-refractivity contribution is 5.78. The summed E-state index contributed by atoms with van der Waals surface area (Å²) >= 11 is 0. The summed E-state index contributed by atoms with van der Waals surface area (Å²) in [5, 5.41) is 6.98. The first-order valence-electron chi connectivity index (χ1n) is 6.11. The van der Waals surface area contributed by atoms with Crippen molar-refractivity contribution in [1.82, 2.24) is 9.78 Å². The van der Waals surface area contributed by atoms with E-state index in [2.05, 4.69) is 10.4 Å². The van der Waals surface area contributed by atoms with Crippen LogP contribution in [0.25, 0.3) is 11.3 Å². The quantitative estimate of drug-likeness (QED) is 0.839. The molecular weight excluding hydrogens is 242 g/mol. The minimum absolute atomic E-state index is 0.0335. The van der Waals surface area contributed by atoms with Gasteiger partial charge in [-0.15, -0.1) is 0 Å². The van der Waals surface area contributed by atoms with E-state index in [1.165, 1.54) is 0 Å². The molecule has 1 amide bonds. The average molecular weight is 259 g/mol. The zero-order chi connectivity index (χ0) is 13.8. The first-order valence-corrected chi connectivity index (χ1v) is 6.11. The molecule has 0 radical (unpaired) electrons. The van der Waals surface area contributed by atoms with Gasteiger partial charge in [-0.25, -0.2) is 0 Å². The van der Waals surface area contributed by atoms with Gasteiger partial charge < -0.3 is 10.1 Å². The number of amides is 1. The molecule has 100 valence electrons. The van der Waals surface area contributed by atoms with Gasteiger partial charge in [-0.3, -0.25) is 9.48 Å². The molecule has 0 saturated heterocycles. The molecule has 0 aliphatic heterocycles. The van der Waals surface area contributed by atoms with Crippen LogP contribution in [-0.4, -0.2) is 22.3 Å². The number of ether oxygens (including phenoxy) is 1. The van der Waals surface area contributed by atoms with Crippen LogP contribution in [0.3, 0.4) is 0 Å². The lowest BCUT2D eigenvalue weighted by Gasteiger charge is -2.14. The van der Waals surface area contributed by atoms with E-state index in [9.17, 15) is 4.79 Å². The first-order chi connectivity index (χ1) is 9.10. The van der Waals surface area contributed by atoms with Gasteiger partial charge in [-0.2, -0.15) is 5.10 Å². The van der Waals surface area contributed by atoms with E-state index in [0.29, 0.717) is 17.8 Å². The number of carbonyl (C=O) groups is 1. The topological polar surface area (TPSA) is 56.1 Å². The normalized spacial score (nSPS) is 10.5. The van der Waals surface area contributed by atoms with E-state index in [-0.39, 0.29) is 6.10 Å². The van der Waals surface area contributed by atoms with Gasteiger partial charge in [0.1, 0.15) is 5.75 Å². The number of hydrogen-bond acceptors (Lipinski definition) is 3. The summed E-state index contributed by atoms with van der Waals surface area (Å²) < 4.78 is 7.46. The van der Waals surface area contributed by atoms with Crippen molar-refractivity contribution in [3.05, 3.63) is 30.5 Å². The van der Waals surface area contributed by atoms with Crippen molar-refractivity contribution in [2.75, 3.05) is 5.32 Å². The van der Waals surface area contributed by atoms with Crippen LogP contribution in [0, 0.1) is 0 Å². The Hall–Kier alpha value is -2.30. The molecule has 1 aromatic carbocycles. The van der Waals surface area contributed by atoms with E-state index >= 15 is 0 Å². The van der Waals surface area contributed by atoms with Crippen molar-refractivity contribution >= 4 is 12.1 Å². The Labute approximate surface area is 112 Å². The zero-order valence-corrected chi connectivity index (χ0v) is 11.3. The highest BCUT2D eigenvalue weighted by Gasteiger charge is 2.09. The second kappa shape index (κ2) is 5.56. The zero-order valence-electron chi connectivity index (χ0n) is 11.3. The second-order valence-corrected chi connectivity index (χ2v) is 4.51. The molecule has 19 heavy (non-hydrogen) atoms. The van der Waals surface area contributed by atoms with Crippen LogP contribution < -0.4 is 10.1 Å². The fourth-order valence-corrected chi connectivity index (χ4v) is 1.78. The third-order valence-corrected chi connectivity index (χ3v) is 2.57. The van der Waals surface area contributed by atoms with Gasteiger partial charge >= 0.3 is 0 Å². The van der Waals surface area contributed by atoms with Crippen LogP contribution in [0.5, 0.6) is 5.75 Å². The predicted molar refractivity (Wildman–Crippen MR) is 74.1 cm³/mol.